The molecule has 0 amide bonds. The molecule has 0 aliphatic heterocycles. The lowest BCUT2D eigenvalue weighted by molar-refractivity contribution is 0.592. The van der Waals surface area contributed by atoms with Gasteiger partial charge in [-0.05, 0) is 87.8 Å². The molecular formula is C50H35NOP2. The third kappa shape index (κ3) is 5.50. The molecule has 1 aromatic heterocycles. The predicted octanol–water partition coefficient (Wildman–Crippen LogP) is 10.5. The van der Waals surface area contributed by atoms with Crippen LogP contribution in [0, 0.1) is 0 Å². The zero-order valence-electron chi connectivity index (χ0n) is 29.5. The number of rotatable bonds is 7. The third-order valence-electron chi connectivity index (χ3n) is 10.5. The summed E-state index contributed by atoms with van der Waals surface area (Å²) in [5, 5.41) is 13.3. The van der Waals surface area contributed by atoms with Gasteiger partial charge in [-0.1, -0.05) is 170 Å². The van der Waals surface area contributed by atoms with Crippen molar-refractivity contribution < 1.29 is 4.57 Å². The number of fused-ring (bicyclic) bond motifs is 5. The molecule has 0 radical (unpaired) electrons. The summed E-state index contributed by atoms with van der Waals surface area (Å²) in [6.07, 6.45) is 0. The average Bonchev–Trinajstić information content (AvgIpc) is 3.54. The second-order valence-corrected chi connectivity index (χ2v) is 18.8. The summed E-state index contributed by atoms with van der Waals surface area (Å²) in [5.41, 5.74) is 3.25. The fourth-order valence-electron chi connectivity index (χ4n) is 8.01. The van der Waals surface area contributed by atoms with Crippen LogP contribution in [0.2, 0.25) is 0 Å². The van der Waals surface area contributed by atoms with E-state index in [1.165, 1.54) is 42.9 Å². The van der Waals surface area contributed by atoms with Crippen molar-refractivity contribution in [3.05, 3.63) is 212 Å². The van der Waals surface area contributed by atoms with Crippen LogP contribution in [0.4, 0.5) is 0 Å². The zero-order valence-corrected chi connectivity index (χ0v) is 31.2. The average molecular weight is 728 g/mol. The summed E-state index contributed by atoms with van der Waals surface area (Å²) in [5.74, 6) is 0. The molecule has 0 aliphatic carbocycles. The van der Waals surface area contributed by atoms with E-state index >= 15 is 4.57 Å². The largest absolute Gasteiger partial charge is 0.309 e. The normalized spacial score (nSPS) is 11.9. The van der Waals surface area contributed by atoms with E-state index in [0.29, 0.717) is 0 Å². The molecule has 0 saturated heterocycles. The molecule has 0 N–H and O–H groups in total. The molecule has 54 heavy (non-hydrogen) atoms. The van der Waals surface area contributed by atoms with Crippen molar-refractivity contribution in [3.8, 4) is 5.69 Å². The first-order valence-electron chi connectivity index (χ1n) is 18.3. The van der Waals surface area contributed by atoms with E-state index in [-0.39, 0.29) is 0 Å². The van der Waals surface area contributed by atoms with Gasteiger partial charge in [0.25, 0.3) is 0 Å². The van der Waals surface area contributed by atoms with Gasteiger partial charge in [0.2, 0.25) is 0 Å². The molecule has 10 rings (SSSR count). The number of hydrogen-bond donors (Lipinski definition) is 0. The Morgan fingerprint density at radius 1 is 0.352 bits per heavy atom. The van der Waals surface area contributed by atoms with Gasteiger partial charge in [-0.25, -0.2) is 0 Å². The molecule has 0 aliphatic rings. The predicted molar refractivity (Wildman–Crippen MR) is 234 cm³/mol. The topological polar surface area (TPSA) is 22.0 Å². The molecular weight excluding hydrogens is 693 g/mol. The van der Waals surface area contributed by atoms with Gasteiger partial charge in [0.1, 0.15) is 0 Å². The lowest BCUT2D eigenvalue weighted by atomic mass is 10.0. The Labute approximate surface area is 316 Å². The second-order valence-electron chi connectivity index (χ2n) is 13.8. The molecule has 2 nitrogen and oxygen atoms in total. The van der Waals surface area contributed by atoms with E-state index in [4.69, 9.17) is 0 Å². The second kappa shape index (κ2) is 13.4. The first kappa shape index (κ1) is 32.6. The first-order valence-corrected chi connectivity index (χ1v) is 21.3. The molecule has 10 aromatic rings. The third-order valence-corrected chi connectivity index (χ3v) is 16.0. The monoisotopic (exact) mass is 727 g/mol. The van der Waals surface area contributed by atoms with Gasteiger partial charge in [0.15, 0.2) is 7.14 Å². The van der Waals surface area contributed by atoms with E-state index in [9.17, 15) is 0 Å². The Morgan fingerprint density at radius 3 is 1.19 bits per heavy atom. The molecule has 9 aromatic carbocycles. The molecule has 0 spiro atoms. The van der Waals surface area contributed by atoms with Crippen molar-refractivity contribution >= 4 is 90.2 Å². The van der Waals surface area contributed by atoms with Crippen LogP contribution in [0.5, 0.6) is 0 Å². The highest BCUT2D eigenvalue weighted by atomic mass is 31.2. The van der Waals surface area contributed by atoms with Crippen molar-refractivity contribution in [1.29, 1.82) is 0 Å². The minimum absolute atomic E-state index is 0.822. The van der Waals surface area contributed by atoms with Crippen LogP contribution >= 0.6 is 15.1 Å². The molecule has 0 bridgehead atoms. The minimum Gasteiger partial charge on any atom is -0.309 e. The summed E-state index contributed by atoms with van der Waals surface area (Å²) in [4.78, 5) is 0. The Bertz CT molecular complexity index is 2840. The molecule has 0 atom stereocenters. The smallest absolute Gasteiger partial charge is 0.171 e. The SMILES string of the molecule is O=P(c1ccccc1)(c1ccccc1)c1cc(-n2c3cc4ccccc4cc3c3cc4ccccc4cc32)cc(P(c2ccccc2)c2ccccc2)c1. The van der Waals surface area contributed by atoms with Gasteiger partial charge in [-0.15, -0.1) is 0 Å². The molecule has 0 unspecified atom stereocenters. The summed E-state index contributed by atoms with van der Waals surface area (Å²) >= 11 is 0. The van der Waals surface area contributed by atoms with E-state index < -0.39 is 15.1 Å². The van der Waals surface area contributed by atoms with Gasteiger partial charge >= 0.3 is 0 Å². The Kier molecular flexibility index (Phi) is 8.10. The van der Waals surface area contributed by atoms with Crippen LogP contribution in [0.1, 0.15) is 0 Å². The minimum atomic E-state index is -3.36. The Balaban J connectivity index is 1.36. The summed E-state index contributed by atoms with van der Waals surface area (Å²) < 4.78 is 18.7. The van der Waals surface area contributed by atoms with Crippen molar-refractivity contribution in [2.24, 2.45) is 0 Å². The highest BCUT2D eigenvalue weighted by Crippen LogP contribution is 2.45. The number of nitrogens with zero attached hydrogens (tertiary/aromatic N) is 1. The highest BCUT2D eigenvalue weighted by molar-refractivity contribution is 7.85. The maximum atomic E-state index is 16.3. The molecule has 0 saturated carbocycles. The van der Waals surface area contributed by atoms with Crippen molar-refractivity contribution in [3.63, 3.8) is 0 Å². The van der Waals surface area contributed by atoms with E-state index in [0.717, 1.165) is 37.9 Å². The lowest BCUT2D eigenvalue weighted by Crippen LogP contribution is -2.29. The number of hydrogen-bond acceptors (Lipinski definition) is 1. The Hall–Kier alpha value is -6.04. The van der Waals surface area contributed by atoms with Crippen molar-refractivity contribution in [1.82, 2.24) is 4.57 Å². The maximum Gasteiger partial charge on any atom is 0.171 e. The number of benzene rings is 9. The van der Waals surface area contributed by atoms with Crippen LogP contribution in [-0.4, -0.2) is 4.57 Å². The van der Waals surface area contributed by atoms with Crippen molar-refractivity contribution in [2.75, 3.05) is 0 Å². The highest BCUT2D eigenvalue weighted by Gasteiger charge is 2.32. The lowest BCUT2D eigenvalue weighted by Gasteiger charge is -2.25. The van der Waals surface area contributed by atoms with Crippen molar-refractivity contribution in [2.45, 2.75) is 0 Å². The first-order chi connectivity index (χ1) is 26.6. The van der Waals surface area contributed by atoms with Gasteiger partial charge in [-0.3, -0.25) is 0 Å². The van der Waals surface area contributed by atoms with Gasteiger partial charge in [0, 0.05) is 32.4 Å². The van der Waals surface area contributed by atoms with Gasteiger partial charge in [0.05, 0.1) is 11.0 Å². The van der Waals surface area contributed by atoms with E-state index in [1.807, 2.05) is 60.7 Å². The standard InChI is InChI=1S/C50H35NOP2/c52-54(44-25-9-3-10-26-44,45-27-11-4-12-28-45)46-34-40(33-43(35-46)53(41-21-5-1-6-22-41)42-23-7-2-8-24-42)51-49-31-38-19-15-13-17-36(38)29-47(49)48-30-37-18-14-16-20-39(37)32-50(48)51/h1-35H. The number of aromatic nitrogens is 1. The molecule has 1 heterocycles. The summed E-state index contributed by atoms with van der Waals surface area (Å²) in [6, 6.07) is 75.0. The summed E-state index contributed by atoms with van der Waals surface area (Å²) in [7, 11) is -4.37. The van der Waals surface area contributed by atoms with Crippen LogP contribution in [0.15, 0.2) is 212 Å². The zero-order chi connectivity index (χ0) is 36.1. The molecule has 0 fully saturated rings. The van der Waals surface area contributed by atoms with E-state index in [1.54, 1.807) is 0 Å². The maximum absolute atomic E-state index is 16.3. The van der Waals surface area contributed by atoms with Gasteiger partial charge in [-0.2, -0.15) is 0 Å². The van der Waals surface area contributed by atoms with Crippen LogP contribution in [0.25, 0.3) is 49.0 Å². The summed E-state index contributed by atoms with van der Waals surface area (Å²) in [6.45, 7) is 0. The fourth-order valence-corrected chi connectivity index (χ4v) is 13.2. The van der Waals surface area contributed by atoms with E-state index in [2.05, 4.69) is 156 Å². The molecule has 4 heteroatoms. The fraction of sp³-hybridized carbons (Fsp3) is 0. The van der Waals surface area contributed by atoms with Crippen LogP contribution < -0.4 is 31.8 Å². The Morgan fingerprint density at radius 2 is 0.741 bits per heavy atom. The van der Waals surface area contributed by atoms with Crippen LogP contribution in [-0.2, 0) is 4.57 Å². The van der Waals surface area contributed by atoms with Gasteiger partial charge < -0.3 is 9.13 Å². The quantitative estimate of drug-likeness (QED) is 0.150. The molecule has 256 valence electrons. The van der Waals surface area contributed by atoms with Crippen LogP contribution in [0.3, 0.4) is 0 Å².